The maximum atomic E-state index is 13.5. The van der Waals surface area contributed by atoms with Gasteiger partial charge in [-0.15, -0.1) is 0 Å². The molecule has 0 radical (unpaired) electrons. The lowest BCUT2D eigenvalue weighted by atomic mass is 10.0. The van der Waals surface area contributed by atoms with E-state index < -0.39 is 42.0 Å². The van der Waals surface area contributed by atoms with Crippen LogP contribution in [0.1, 0.15) is 58.1 Å². The molecule has 12 heteroatoms. The summed E-state index contributed by atoms with van der Waals surface area (Å²) in [6.07, 6.45) is 6.27. The number of carbonyl (C=O) groups is 4. The zero-order chi connectivity index (χ0) is 26.0. The van der Waals surface area contributed by atoms with E-state index in [0.717, 1.165) is 0 Å². The Morgan fingerprint density at radius 2 is 1.97 bits per heavy atom. The number of nitrogens with zero attached hydrogens (tertiary/aromatic N) is 2. The van der Waals surface area contributed by atoms with Gasteiger partial charge in [-0.2, -0.15) is 0 Å². The van der Waals surface area contributed by atoms with Crippen LogP contribution >= 0.6 is 0 Å². The Morgan fingerprint density at radius 1 is 1.23 bits per heavy atom. The number of carboxylic acid groups (broad SMARTS) is 1. The molecule has 12 nitrogen and oxygen atoms in total. The molecule has 0 bridgehead atoms. The van der Waals surface area contributed by atoms with Crippen molar-refractivity contribution in [2.24, 2.45) is 17.4 Å². The zero-order valence-corrected chi connectivity index (χ0v) is 20.5. The van der Waals surface area contributed by atoms with E-state index in [-0.39, 0.29) is 24.7 Å². The number of likely N-dealkylation sites (tertiary alicyclic amines) is 1. The summed E-state index contributed by atoms with van der Waals surface area (Å²) in [5.74, 6) is -2.38. The SMILES string of the molecule is CC(C)CC(NC(=O)C1CCCN1C(=O)C(CCCCN)NC(=O)C(N)Cc1cnc[nH]1)C(=O)O. The van der Waals surface area contributed by atoms with Crippen LogP contribution in [0.25, 0.3) is 0 Å². The number of nitrogens with two attached hydrogens (primary N) is 2. The number of carboxylic acids is 1. The lowest BCUT2D eigenvalue weighted by molar-refractivity contribution is -0.145. The summed E-state index contributed by atoms with van der Waals surface area (Å²) in [4.78, 5) is 59.0. The van der Waals surface area contributed by atoms with Gasteiger partial charge in [-0.05, 0) is 51.0 Å². The average molecular weight is 494 g/mol. The summed E-state index contributed by atoms with van der Waals surface area (Å²) in [6, 6.07) is -3.56. The number of aliphatic carboxylic acids is 1. The van der Waals surface area contributed by atoms with Crippen LogP contribution in [0, 0.1) is 5.92 Å². The Labute approximate surface area is 205 Å². The van der Waals surface area contributed by atoms with Gasteiger partial charge in [-0.1, -0.05) is 13.8 Å². The first kappa shape index (κ1) is 28.2. The first-order valence-corrected chi connectivity index (χ1v) is 12.2. The summed E-state index contributed by atoms with van der Waals surface area (Å²) >= 11 is 0. The molecule has 3 amide bonds. The van der Waals surface area contributed by atoms with Gasteiger partial charge in [-0.3, -0.25) is 14.4 Å². The van der Waals surface area contributed by atoms with Crippen LogP contribution in [-0.4, -0.2) is 80.9 Å². The van der Waals surface area contributed by atoms with Crippen molar-refractivity contribution in [2.75, 3.05) is 13.1 Å². The van der Waals surface area contributed by atoms with Gasteiger partial charge in [0, 0.05) is 24.9 Å². The molecule has 1 aliphatic rings. The smallest absolute Gasteiger partial charge is 0.326 e. The van der Waals surface area contributed by atoms with Crippen molar-refractivity contribution in [2.45, 2.75) is 83.0 Å². The number of carbonyl (C=O) groups excluding carboxylic acids is 3. The number of hydrogen-bond acceptors (Lipinski definition) is 7. The third kappa shape index (κ3) is 8.62. The van der Waals surface area contributed by atoms with Crippen LogP contribution < -0.4 is 22.1 Å². The summed E-state index contributed by atoms with van der Waals surface area (Å²) < 4.78 is 0. The fourth-order valence-electron chi connectivity index (χ4n) is 4.22. The Bertz CT molecular complexity index is 845. The van der Waals surface area contributed by atoms with Gasteiger partial charge in [-0.25, -0.2) is 9.78 Å². The highest BCUT2D eigenvalue weighted by Crippen LogP contribution is 2.21. The first-order valence-electron chi connectivity index (χ1n) is 12.2. The minimum Gasteiger partial charge on any atom is -0.480 e. The highest BCUT2D eigenvalue weighted by molar-refractivity contribution is 5.94. The number of aromatic amines is 1. The van der Waals surface area contributed by atoms with E-state index >= 15 is 0 Å². The van der Waals surface area contributed by atoms with Gasteiger partial charge in [0.1, 0.15) is 18.1 Å². The largest absolute Gasteiger partial charge is 0.480 e. The molecule has 1 aromatic heterocycles. The molecule has 2 rings (SSSR count). The number of H-pyrrole nitrogens is 1. The lowest BCUT2D eigenvalue weighted by Gasteiger charge is -2.30. The highest BCUT2D eigenvalue weighted by atomic mass is 16.4. The average Bonchev–Trinajstić information content (AvgIpc) is 3.49. The third-order valence-corrected chi connectivity index (χ3v) is 6.05. The predicted octanol–water partition coefficient (Wildman–Crippen LogP) is -0.500. The number of aromatic nitrogens is 2. The fraction of sp³-hybridized carbons (Fsp3) is 0.696. The lowest BCUT2D eigenvalue weighted by Crippen LogP contribution is -2.57. The van der Waals surface area contributed by atoms with Crippen molar-refractivity contribution in [3.8, 4) is 0 Å². The van der Waals surface area contributed by atoms with Crippen LogP contribution in [-0.2, 0) is 25.6 Å². The number of unbranched alkanes of at least 4 members (excludes halogenated alkanes) is 1. The van der Waals surface area contributed by atoms with Crippen LogP contribution in [0.3, 0.4) is 0 Å². The number of rotatable bonds is 14. The zero-order valence-electron chi connectivity index (χ0n) is 20.5. The Hall–Kier alpha value is -2.99. The van der Waals surface area contributed by atoms with Crippen molar-refractivity contribution in [1.29, 1.82) is 0 Å². The van der Waals surface area contributed by atoms with E-state index in [2.05, 4.69) is 20.6 Å². The standard InChI is InChI=1S/C23H39N7O5/c1-14(2)10-18(23(34)35)29-21(32)19-7-5-9-30(19)22(33)17(6-3-4-8-24)28-20(31)16(25)11-15-12-26-13-27-15/h12-14,16-19H,3-11,24-25H2,1-2H3,(H,26,27)(H,28,31)(H,29,32)(H,34,35). The maximum Gasteiger partial charge on any atom is 0.326 e. The van der Waals surface area contributed by atoms with Crippen molar-refractivity contribution >= 4 is 23.7 Å². The molecule has 35 heavy (non-hydrogen) atoms. The Balaban J connectivity index is 2.09. The van der Waals surface area contributed by atoms with E-state index in [9.17, 15) is 24.3 Å². The molecule has 1 aromatic rings. The molecule has 1 aliphatic heterocycles. The van der Waals surface area contributed by atoms with Crippen LogP contribution in [0.2, 0.25) is 0 Å². The normalized spacial score (nSPS) is 18.2. The van der Waals surface area contributed by atoms with E-state index in [0.29, 0.717) is 50.9 Å². The van der Waals surface area contributed by atoms with Crippen LogP contribution in [0.15, 0.2) is 12.5 Å². The van der Waals surface area contributed by atoms with Gasteiger partial charge in [0.25, 0.3) is 0 Å². The second-order valence-electron chi connectivity index (χ2n) is 9.45. The Morgan fingerprint density at radius 3 is 2.57 bits per heavy atom. The first-order chi connectivity index (χ1) is 16.6. The molecule has 0 aliphatic carbocycles. The molecule has 8 N–H and O–H groups in total. The quantitative estimate of drug-likeness (QED) is 0.186. The Kier molecular flexibility index (Phi) is 11.1. The monoisotopic (exact) mass is 493 g/mol. The number of hydrogen-bond donors (Lipinski definition) is 6. The molecule has 0 aromatic carbocycles. The summed E-state index contributed by atoms with van der Waals surface area (Å²) in [5.41, 5.74) is 12.3. The molecule has 2 heterocycles. The molecule has 4 unspecified atom stereocenters. The van der Waals surface area contributed by atoms with Crippen molar-refractivity contribution < 1.29 is 24.3 Å². The summed E-state index contributed by atoms with van der Waals surface area (Å²) in [5, 5.41) is 14.8. The van der Waals surface area contributed by atoms with Crippen LogP contribution in [0.5, 0.6) is 0 Å². The molecular weight excluding hydrogens is 454 g/mol. The minimum atomic E-state index is -1.11. The highest BCUT2D eigenvalue weighted by Gasteiger charge is 2.39. The third-order valence-electron chi connectivity index (χ3n) is 6.05. The molecule has 4 atom stereocenters. The van der Waals surface area contributed by atoms with Crippen molar-refractivity contribution in [3.63, 3.8) is 0 Å². The second kappa shape index (κ2) is 13.8. The van der Waals surface area contributed by atoms with E-state index in [4.69, 9.17) is 11.5 Å². The van der Waals surface area contributed by atoms with Gasteiger partial charge in [0.2, 0.25) is 17.7 Å². The fourth-order valence-corrected chi connectivity index (χ4v) is 4.22. The van der Waals surface area contributed by atoms with Crippen LogP contribution in [0.4, 0.5) is 0 Å². The van der Waals surface area contributed by atoms with Crippen molar-refractivity contribution in [1.82, 2.24) is 25.5 Å². The van der Waals surface area contributed by atoms with Gasteiger partial charge in [0.15, 0.2) is 0 Å². The van der Waals surface area contributed by atoms with E-state index in [1.54, 1.807) is 6.20 Å². The molecule has 0 saturated carbocycles. The molecule has 196 valence electrons. The summed E-state index contributed by atoms with van der Waals surface area (Å²) in [7, 11) is 0. The second-order valence-corrected chi connectivity index (χ2v) is 9.45. The number of amides is 3. The van der Waals surface area contributed by atoms with E-state index in [1.807, 2.05) is 13.8 Å². The van der Waals surface area contributed by atoms with E-state index in [1.165, 1.54) is 11.2 Å². The van der Waals surface area contributed by atoms with Crippen molar-refractivity contribution in [3.05, 3.63) is 18.2 Å². The minimum absolute atomic E-state index is 0.0748. The maximum absolute atomic E-state index is 13.5. The molecule has 1 saturated heterocycles. The van der Waals surface area contributed by atoms with Gasteiger partial charge < -0.3 is 37.1 Å². The molecule has 1 fully saturated rings. The predicted molar refractivity (Wildman–Crippen MR) is 129 cm³/mol. The molecule has 0 spiro atoms. The topological polar surface area (TPSA) is 197 Å². The number of imidazole rings is 1. The molecular formula is C23H39N7O5. The van der Waals surface area contributed by atoms with Gasteiger partial charge in [0.05, 0.1) is 12.4 Å². The van der Waals surface area contributed by atoms with Gasteiger partial charge >= 0.3 is 5.97 Å². The number of nitrogens with one attached hydrogen (secondary N) is 3. The summed E-state index contributed by atoms with van der Waals surface area (Å²) in [6.45, 7) is 4.55.